The van der Waals surface area contributed by atoms with E-state index in [0.29, 0.717) is 17.1 Å². The molecule has 0 spiro atoms. The van der Waals surface area contributed by atoms with Crippen LogP contribution in [0, 0.1) is 0 Å². The van der Waals surface area contributed by atoms with Gasteiger partial charge in [-0.15, -0.1) is 0 Å². The second-order valence-corrected chi connectivity index (χ2v) is 18.8. The molecule has 320 valence electrons. The molecule has 2 aromatic rings. The molecule has 0 aliphatic rings. The maximum absolute atomic E-state index is 14.2. The Kier molecular flexibility index (Phi) is 25.8. The molecule has 0 aliphatic carbocycles. The predicted molar refractivity (Wildman–Crippen MR) is 245 cm³/mol. The number of ether oxygens (including phenoxy) is 1. The lowest BCUT2D eigenvalue weighted by Gasteiger charge is -2.32. The quantitative estimate of drug-likeness (QED) is 0.0438. The van der Waals surface area contributed by atoms with Crippen molar-refractivity contribution < 1.29 is 14.6 Å². The van der Waals surface area contributed by atoms with Gasteiger partial charge in [-0.3, -0.25) is 0 Å². The van der Waals surface area contributed by atoms with Crippen molar-refractivity contribution in [2.24, 2.45) is 0 Å². The van der Waals surface area contributed by atoms with E-state index in [1.807, 2.05) is 12.1 Å². The Balaban J connectivity index is 2.26. The molecule has 0 saturated carbocycles. The molecule has 3 nitrogen and oxygen atoms in total. The molecular formula is C53H90O3. The number of carbonyl (C=O) groups is 1. The molecule has 0 aliphatic heterocycles. The van der Waals surface area contributed by atoms with E-state index >= 15 is 0 Å². The molecule has 56 heavy (non-hydrogen) atoms. The molecule has 0 saturated heterocycles. The van der Waals surface area contributed by atoms with E-state index in [9.17, 15) is 9.90 Å². The van der Waals surface area contributed by atoms with Gasteiger partial charge in [-0.2, -0.15) is 0 Å². The van der Waals surface area contributed by atoms with Crippen LogP contribution in [0.5, 0.6) is 11.5 Å². The van der Waals surface area contributed by atoms with E-state index in [4.69, 9.17) is 4.74 Å². The third-order valence-electron chi connectivity index (χ3n) is 12.5. The van der Waals surface area contributed by atoms with Gasteiger partial charge in [0.1, 0.15) is 11.5 Å². The highest BCUT2D eigenvalue weighted by atomic mass is 16.5. The van der Waals surface area contributed by atoms with Crippen LogP contribution in [0.15, 0.2) is 30.3 Å². The number of phenolic OH excluding ortho intramolecular Hbond substituents is 1. The maximum atomic E-state index is 14.2. The van der Waals surface area contributed by atoms with Crippen LogP contribution in [0.2, 0.25) is 0 Å². The lowest BCUT2D eigenvalue weighted by molar-refractivity contribution is 0.0734. The lowest BCUT2D eigenvalue weighted by atomic mass is 9.73. The monoisotopic (exact) mass is 775 g/mol. The first kappa shape index (κ1) is 49.9. The van der Waals surface area contributed by atoms with E-state index < -0.39 is 0 Å². The van der Waals surface area contributed by atoms with Crippen molar-refractivity contribution in [1.82, 2.24) is 0 Å². The first-order valence-corrected chi connectivity index (χ1v) is 24.2. The van der Waals surface area contributed by atoms with Crippen LogP contribution in [0.1, 0.15) is 268 Å². The third kappa shape index (κ3) is 19.9. The predicted octanol–water partition coefficient (Wildman–Crippen LogP) is 17.3. The molecule has 0 unspecified atom stereocenters. The van der Waals surface area contributed by atoms with E-state index in [1.165, 1.54) is 140 Å². The Hall–Kier alpha value is -2.29. The van der Waals surface area contributed by atoms with Gasteiger partial charge in [0.15, 0.2) is 0 Å². The Labute approximate surface area is 348 Å². The summed E-state index contributed by atoms with van der Waals surface area (Å²) in [6.07, 6.45) is 37.4. The molecule has 0 aromatic heterocycles. The average Bonchev–Trinajstić information content (AvgIpc) is 3.16. The number of carbonyl (C=O) groups excluding carboxylic acids is 1. The SMILES string of the molecule is CCCCCCCCCCCCc1cc(CCCCCCCCCCCC)cc(OC(=O)c2cc(C(C)(C)CCCCC)c(O)c(C(C)(C)CCCCC)c2)c1. The van der Waals surface area contributed by atoms with Crippen molar-refractivity contribution in [2.75, 3.05) is 0 Å². The third-order valence-corrected chi connectivity index (χ3v) is 12.5. The topological polar surface area (TPSA) is 46.5 Å². The fourth-order valence-corrected chi connectivity index (χ4v) is 8.56. The summed E-state index contributed by atoms with van der Waals surface area (Å²) in [5, 5.41) is 11.9. The zero-order chi connectivity index (χ0) is 41.1. The molecule has 0 fully saturated rings. The van der Waals surface area contributed by atoms with Gasteiger partial charge in [0.2, 0.25) is 0 Å². The number of aryl methyl sites for hydroxylation is 2. The highest BCUT2D eigenvalue weighted by molar-refractivity contribution is 5.92. The average molecular weight is 775 g/mol. The van der Waals surface area contributed by atoms with Gasteiger partial charge in [-0.25, -0.2) is 4.79 Å². The molecule has 0 heterocycles. The van der Waals surface area contributed by atoms with Gasteiger partial charge in [0, 0.05) is 11.1 Å². The van der Waals surface area contributed by atoms with Crippen LogP contribution >= 0.6 is 0 Å². The number of aromatic hydroxyl groups is 1. The Morgan fingerprint density at radius 1 is 0.464 bits per heavy atom. The first-order chi connectivity index (χ1) is 27.0. The summed E-state index contributed by atoms with van der Waals surface area (Å²) in [7, 11) is 0. The molecular weight excluding hydrogens is 685 g/mol. The molecule has 2 rings (SSSR count). The highest BCUT2D eigenvalue weighted by Gasteiger charge is 2.32. The van der Waals surface area contributed by atoms with Crippen molar-refractivity contribution in [3.05, 3.63) is 58.1 Å². The molecule has 3 heteroatoms. The lowest BCUT2D eigenvalue weighted by Crippen LogP contribution is -2.24. The standard InChI is InChI=1S/C53H90O3/c1-9-13-17-19-21-23-25-27-29-31-35-44-39-45(36-32-30-28-26-24-22-20-18-14-10-2)41-47(40-44)56-51(55)46-42-48(52(5,6)37-33-15-11-3)50(54)49(43-46)53(7,8)38-34-16-12-4/h39-43,54H,9-38H2,1-8H3. The summed E-state index contributed by atoms with van der Waals surface area (Å²) in [6.45, 7) is 17.9. The van der Waals surface area contributed by atoms with Crippen molar-refractivity contribution in [3.8, 4) is 11.5 Å². The highest BCUT2D eigenvalue weighted by Crippen LogP contribution is 2.44. The smallest absolute Gasteiger partial charge is 0.343 e. The molecule has 0 bridgehead atoms. The fourth-order valence-electron chi connectivity index (χ4n) is 8.56. The van der Waals surface area contributed by atoms with Gasteiger partial charge in [0.05, 0.1) is 5.56 Å². The Bertz CT molecular complexity index is 1230. The van der Waals surface area contributed by atoms with Gasteiger partial charge in [0.25, 0.3) is 0 Å². The van der Waals surface area contributed by atoms with Crippen LogP contribution in [0.3, 0.4) is 0 Å². The number of hydrogen-bond donors (Lipinski definition) is 1. The van der Waals surface area contributed by atoms with Crippen LogP contribution in [-0.2, 0) is 23.7 Å². The van der Waals surface area contributed by atoms with Crippen LogP contribution in [0.4, 0.5) is 0 Å². The second kappa shape index (κ2) is 29.0. The second-order valence-electron chi connectivity index (χ2n) is 18.8. The van der Waals surface area contributed by atoms with E-state index in [-0.39, 0.29) is 16.8 Å². The van der Waals surface area contributed by atoms with Crippen molar-refractivity contribution in [1.29, 1.82) is 0 Å². The van der Waals surface area contributed by atoms with Crippen molar-refractivity contribution in [3.63, 3.8) is 0 Å². The minimum Gasteiger partial charge on any atom is -0.507 e. The number of phenols is 1. The number of unbranched alkanes of at least 4 members (excludes halogenated alkanes) is 22. The van der Waals surface area contributed by atoms with Crippen LogP contribution in [-0.4, -0.2) is 11.1 Å². The summed E-state index contributed by atoms with van der Waals surface area (Å²) >= 11 is 0. The molecule has 0 atom stereocenters. The number of benzene rings is 2. The van der Waals surface area contributed by atoms with Gasteiger partial charge in [-0.1, -0.05) is 216 Å². The number of rotatable bonds is 34. The van der Waals surface area contributed by atoms with E-state index in [0.717, 1.165) is 75.3 Å². The summed E-state index contributed by atoms with van der Waals surface area (Å²) < 4.78 is 6.33. The summed E-state index contributed by atoms with van der Waals surface area (Å²) in [5.41, 5.74) is 4.35. The first-order valence-electron chi connectivity index (χ1n) is 24.2. The normalized spacial score (nSPS) is 12.1. The molecule has 0 radical (unpaired) electrons. The van der Waals surface area contributed by atoms with Gasteiger partial charge in [-0.05, 0) is 84.7 Å². The number of hydrogen-bond acceptors (Lipinski definition) is 3. The van der Waals surface area contributed by atoms with E-state index in [2.05, 4.69) is 73.6 Å². The Morgan fingerprint density at radius 3 is 1.14 bits per heavy atom. The van der Waals surface area contributed by atoms with Crippen molar-refractivity contribution >= 4 is 5.97 Å². The van der Waals surface area contributed by atoms with Gasteiger partial charge < -0.3 is 9.84 Å². The maximum Gasteiger partial charge on any atom is 0.343 e. The molecule has 2 aromatic carbocycles. The molecule has 1 N–H and O–H groups in total. The summed E-state index contributed by atoms with van der Waals surface area (Å²) in [5.74, 6) is 0.714. The Morgan fingerprint density at radius 2 is 0.786 bits per heavy atom. The zero-order valence-electron chi connectivity index (χ0n) is 38.4. The van der Waals surface area contributed by atoms with Crippen LogP contribution in [0.25, 0.3) is 0 Å². The zero-order valence-corrected chi connectivity index (χ0v) is 38.4. The minimum atomic E-state index is -0.317. The number of esters is 1. The molecule has 0 amide bonds. The fraction of sp³-hybridized carbons (Fsp3) is 0.755. The minimum absolute atomic E-state index is 0.263. The van der Waals surface area contributed by atoms with Gasteiger partial charge >= 0.3 is 5.97 Å². The van der Waals surface area contributed by atoms with Crippen molar-refractivity contribution in [2.45, 2.75) is 259 Å². The van der Waals surface area contributed by atoms with E-state index in [1.54, 1.807) is 0 Å². The largest absolute Gasteiger partial charge is 0.507 e. The summed E-state index contributed by atoms with van der Waals surface area (Å²) in [6, 6.07) is 10.5. The van der Waals surface area contributed by atoms with Crippen LogP contribution < -0.4 is 4.74 Å². The summed E-state index contributed by atoms with van der Waals surface area (Å²) in [4.78, 5) is 14.2.